The summed E-state index contributed by atoms with van der Waals surface area (Å²) in [6, 6.07) is 35.5. The minimum absolute atomic E-state index is 0.190. The second-order valence-corrected chi connectivity index (χ2v) is 25.0. The molecule has 0 bridgehead atoms. The summed E-state index contributed by atoms with van der Waals surface area (Å²) < 4.78 is 103. The Morgan fingerprint density at radius 1 is 0.427 bits per heavy atom. The molecule has 0 unspecified atom stereocenters. The number of pyridine rings is 5. The van der Waals surface area contributed by atoms with Gasteiger partial charge in [0.2, 0.25) is 5.88 Å². The average Bonchev–Trinajstić information content (AvgIpc) is 1.75. The Morgan fingerprint density at radius 2 is 0.864 bits per heavy atom. The molecule has 0 aliphatic carbocycles. The van der Waals surface area contributed by atoms with E-state index in [1.165, 1.54) is 25.3 Å². The van der Waals surface area contributed by atoms with E-state index >= 15 is 0 Å². The highest BCUT2D eigenvalue weighted by atomic mass is 19.2. The lowest BCUT2D eigenvalue weighted by Crippen LogP contribution is -2.42. The molecule has 3 saturated heterocycles. The number of nitrogens with zero attached hydrogens (tertiary/aromatic N) is 8. The molecule has 540 valence electrons. The van der Waals surface area contributed by atoms with Gasteiger partial charge in [-0.25, -0.2) is 45.7 Å². The van der Waals surface area contributed by atoms with Crippen LogP contribution >= 0.6 is 0 Å². The van der Waals surface area contributed by atoms with Crippen LogP contribution in [0.15, 0.2) is 171 Å². The number of hydrogen-bond donors (Lipinski definition) is 6. The van der Waals surface area contributed by atoms with E-state index in [1.807, 2.05) is 80.6 Å². The number of amides is 6. The largest absolute Gasteiger partial charge is 0.481 e. The lowest BCUT2D eigenvalue weighted by molar-refractivity contribution is 0.159. The fourth-order valence-electron chi connectivity index (χ4n) is 12.7. The van der Waals surface area contributed by atoms with Gasteiger partial charge in [-0.3, -0.25) is 34.6 Å². The first kappa shape index (κ1) is 75.2. The second-order valence-electron chi connectivity index (χ2n) is 25.0. The summed E-state index contributed by atoms with van der Waals surface area (Å²) in [5.41, 5.74) is 9.72. The van der Waals surface area contributed by atoms with Crippen molar-refractivity contribution < 1.29 is 59.7 Å². The normalized spacial score (nSPS) is 18.0. The molecule has 21 nitrogen and oxygen atoms in total. The molecule has 6 atom stereocenters. The van der Waals surface area contributed by atoms with Crippen LogP contribution in [-0.2, 0) is 14.2 Å². The predicted octanol–water partition coefficient (Wildman–Crippen LogP) is 12.2. The van der Waals surface area contributed by atoms with Gasteiger partial charge < -0.3 is 50.8 Å². The minimum Gasteiger partial charge on any atom is -0.481 e. The highest BCUT2D eigenvalue weighted by Gasteiger charge is 2.38. The molecule has 3 aliphatic heterocycles. The molecule has 3 fully saturated rings. The van der Waals surface area contributed by atoms with Crippen LogP contribution in [0.4, 0.5) is 57.8 Å². The number of rotatable bonds is 22. The highest BCUT2D eigenvalue weighted by molar-refractivity contribution is 5.94. The van der Waals surface area contributed by atoms with Crippen LogP contribution in [0.5, 0.6) is 5.88 Å². The van der Waals surface area contributed by atoms with Crippen LogP contribution < -0.4 is 36.6 Å². The molecule has 27 heteroatoms. The van der Waals surface area contributed by atoms with Gasteiger partial charge >= 0.3 is 18.1 Å². The standard InChI is InChI=1S/C26H28F2N4O3.2C25H27F2N5O2/c1-34-13-12-32-15-19(18-8-9-20(27)21(28)14-18)23(16-32)30-26(33)29-22-10-11-24(35-2)31-25(22)17-6-4-3-5-7-17;1-16-22(7-8-23(29-16)18-4-3-9-28-13-18)30-25(33)31-24-15-32(10-11-34-2)14-19(24)17-5-6-20(26)21(27)12-17;1-16-23(11-19(13-29-16)18-4-3-7-28-12-18)30-25(33)31-24-15-32(8-9-34-2)14-20(24)17-5-6-21(26)22(27)10-17/h3-11,14,19,23H,12-13,15-16H2,1-2H3,(H2,29,30,33);3-9,12-13,19,24H,10-11,14-15H2,1-2H3,(H2,30,31,33);3-7,10-13,20,24H,8-9,14-15H2,1-2H3,(H2,30,31,33)/t19-,23+;19-,24+;20-,24+/m000/s1. The maximum absolute atomic E-state index is 14.0. The summed E-state index contributed by atoms with van der Waals surface area (Å²) in [5, 5.41) is 17.7. The number of aromatic nitrogens is 5. The number of methoxy groups -OCH3 is 4. The smallest absolute Gasteiger partial charge is 0.319 e. The molecule has 12 rings (SSSR count). The van der Waals surface area contributed by atoms with Crippen molar-refractivity contribution in [2.45, 2.75) is 49.7 Å². The fourth-order valence-corrected chi connectivity index (χ4v) is 12.7. The molecule has 0 spiro atoms. The van der Waals surface area contributed by atoms with Crippen molar-refractivity contribution in [3.63, 3.8) is 0 Å². The number of aryl methyl sites for hydroxylation is 2. The third kappa shape index (κ3) is 20.4. The zero-order valence-electron chi connectivity index (χ0n) is 57.8. The van der Waals surface area contributed by atoms with Crippen LogP contribution in [0.1, 0.15) is 45.8 Å². The summed E-state index contributed by atoms with van der Waals surface area (Å²) in [6.45, 7) is 10.7. The highest BCUT2D eigenvalue weighted by Crippen LogP contribution is 2.34. The molecule has 5 aromatic heterocycles. The van der Waals surface area contributed by atoms with Crippen LogP contribution in [0, 0.1) is 48.8 Å². The molecule has 0 radical (unpaired) electrons. The van der Waals surface area contributed by atoms with Gasteiger partial charge in [0, 0.05) is 157 Å². The molecular formula is C76H82F6N14O7. The Hall–Kier alpha value is -10.4. The Bertz CT molecular complexity index is 4320. The Morgan fingerprint density at radius 3 is 1.29 bits per heavy atom. The number of urea groups is 3. The van der Waals surface area contributed by atoms with Gasteiger partial charge in [0.1, 0.15) is 0 Å². The lowest BCUT2D eigenvalue weighted by Gasteiger charge is -2.21. The molecule has 6 N–H and O–H groups in total. The number of ether oxygens (including phenoxy) is 4. The average molecular weight is 1420 g/mol. The van der Waals surface area contributed by atoms with Crippen molar-refractivity contribution in [2.75, 3.05) is 123 Å². The summed E-state index contributed by atoms with van der Waals surface area (Å²) in [7, 11) is 6.41. The van der Waals surface area contributed by atoms with E-state index in [-0.39, 0.29) is 47.9 Å². The second kappa shape index (κ2) is 36.4. The van der Waals surface area contributed by atoms with Crippen molar-refractivity contribution in [3.8, 4) is 39.5 Å². The van der Waals surface area contributed by atoms with Crippen LogP contribution in [0.3, 0.4) is 0 Å². The topological polar surface area (TPSA) is 234 Å². The number of hydrogen-bond acceptors (Lipinski definition) is 15. The predicted molar refractivity (Wildman–Crippen MR) is 381 cm³/mol. The molecule has 4 aromatic carbocycles. The van der Waals surface area contributed by atoms with Gasteiger partial charge in [0.25, 0.3) is 0 Å². The van der Waals surface area contributed by atoms with Crippen molar-refractivity contribution in [2.24, 2.45) is 0 Å². The van der Waals surface area contributed by atoms with E-state index in [0.717, 1.165) is 46.1 Å². The zero-order valence-corrected chi connectivity index (χ0v) is 57.8. The van der Waals surface area contributed by atoms with Gasteiger partial charge in [0.05, 0.1) is 84.9 Å². The summed E-state index contributed by atoms with van der Waals surface area (Å²) in [4.78, 5) is 67.0. The van der Waals surface area contributed by atoms with Crippen LogP contribution in [0.2, 0.25) is 0 Å². The van der Waals surface area contributed by atoms with Gasteiger partial charge in [-0.05, 0) is 109 Å². The SMILES string of the molecule is COCCN1C[C@@H](NC(=O)Nc2cc(-c3cccnc3)cnc2C)[C@H](c2ccc(F)c(F)c2)C1.COCCN1C[C@@H](NC(=O)Nc2ccc(-c3cccnc3)nc2C)[C@H](c2ccc(F)c(F)c2)C1.COCCN1C[C@@H](NC(=O)Nc2ccc(OC)nc2-c2ccccc2)[C@H](c2ccc(F)c(F)c2)C1. The Kier molecular flexibility index (Phi) is 26.6. The van der Waals surface area contributed by atoms with E-state index in [2.05, 4.69) is 71.5 Å². The maximum Gasteiger partial charge on any atom is 0.319 e. The number of benzene rings is 4. The first-order chi connectivity index (χ1) is 49.9. The number of likely N-dealkylation sites (tertiary alicyclic amines) is 3. The molecule has 8 heterocycles. The number of nitrogens with one attached hydrogen (secondary N) is 6. The molecule has 0 saturated carbocycles. The van der Waals surface area contributed by atoms with Crippen LogP contribution in [-0.4, -0.2) is 183 Å². The van der Waals surface area contributed by atoms with Gasteiger partial charge in [-0.2, -0.15) is 0 Å². The molecule has 9 aromatic rings. The van der Waals surface area contributed by atoms with Crippen molar-refractivity contribution in [1.82, 2.24) is 55.6 Å². The minimum atomic E-state index is -0.905. The van der Waals surface area contributed by atoms with E-state index in [1.54, 1.807) is 88.7 Å². The monoisotopic (exact) mass is 1420 g/mol. The van der Waals surface area contributed by atoms with Gasteiger partial charge in [0.15, 0.2) is 34.9 Å². The van der Waals surface area contributed by atoms with Crippen molar-refractivity contribution in [1.29, 1.82) is 0 Å². The van der Waals surface area contributed by atoms with E-state index in [4.69, 9.17) is 18.9 Å². The van der Waals surface area contributed by atoms with Crippen LogP contribution in [0.25, 0.3) is 33.6 Å². The molecular weight excluding hydrogens is 1330 g/mol. The third-order valence-electron chi connectivity index (χ3n) is 18.1. The Balaban J connectivity index is 0.000000166. The summed E-state index contributed by atoms with van der Waals surface area (Å²) in [5.74, 6) is -5.55. The summed E-state index contributed by atoms with van der Waals surface area (Å²) >= 11 is 0. The fraction of sp³-hybridized carbons (Fsp3) is 0.316. The third-order valence-corrected chi connectivity index (χ3v) is 18.1. The Labute approximate surface area is 593 Å². The summed E-state index contributed by atoms with van der Waals surface area (Å²) in [6.07, 6.45) is 8.59. The van der Waals surface area contributed by atoms with E-state index < -0.39 is 40.9 Å². The van der Waals surface area contributed by atoms with Gasteiger partial charge in [-0.1, -0.05) is 54.6 Å². The number of halogens is 6. The zero-order chi connectivity index (χ0) is 72.9. The molecule has 3 aliphatic rings. The number of carbonyl (C=O) groups is 3. The van der Waals surface area contributed by atoms with Crippen molar-refractivity contribution >= 4 is 35.2 Å². The van der Waals surface area contributed by atoms with Crippen molar-refractivity contribution in [3.05, 3.63) is 233 Å². The molecule has 6 amide bonds. The quantitative estimate of drug-likeness (QED) is 0.0346. The molecule has 103 heavy (non-hydrogen) atoms. The number of anilines is 3. The van der Waals surface area contributed by atoms with E-state index in [9.17, 15) is 40.7 Å². The first-order valence-corrected chi connectivity index (χ1v) is 33.4. The lowest BCUT2D eigenvalue weighted by atomic mass is 9.94. The van der Waals surface area contributed by atoms with E-state index in [0.29, 0.717) is 135 Å². The first-order valence-electron chi connectivity index (χ1n) is 33.4. The van der Waals surface area contributed by atoms with Gasteiger partial charge in [-0.15, -0.1) is 0 Å². The number of carbonyl (C=O) groups excluding carboxylic acids is 3. The maximum atomic E-state index is 14.0.